The Balaban J connectivity index is 1.75. The Bertz CT molecular complexity index is 353. The SMILES string of the molecule is CC1=CC[C@H]([C@@H]2OC[C@H]3CC=C(C)[C@H]2C3)CC1. The molecule has 1 aliphatic heterocycles. The van der Waals surface area contributed by atoms with Gasteiger partial charge in [-0.05, 0) is 57.8 Å². The van der Waals surface area contributed by atoms with Crippen LogP contribution in [0.3, 0.4) is 0 Å². The molecular formula is C16H24O. The van der Waals surface area contributed by atoms with Crippen molar-refractivity contribution in [2.75, 3.05) is 6.61 Å². The van der Waals surface area contributed by atoms with E-state index in [2.05, 4.69) is 26.0 Å². The lowest BCUT2D eigenvalue weighted by Crippen LogP contribution is -2.42. The lowest BCUT2D eigenvalue weighted by Gasteiger charge is -2.44. The molecule has 0 N–H and O–H groups in total. The van der Waals surface area contributed by atoms with Crippen molar-refractivity contribution in [2.45, 2.75) is 52.1 Å². The van der Waals surface area contributed by atoms with Gasteiger partial charge in [-0.15, -0.1) is 0 Å². The van der Waals surface area contributed by atoms with Gasteiger partial charge >= 0.3 is 0 Å². The smallest absolute Gasteiger partial charge is 0.0671 e. The molecule has 2 aliphatic carbocycles. The molecule has 0 spiro atoms. The Hall–Kier alpha value is -0.560. The summed E-state index contributed by atoms with van der Waals surface area (Å²) in [4.78, 5) is 0. The highest BCUT2D eigenvalue weighted by molar-refractivity contribution is 5.14. The summed E-state index contributed by atoms with van der Waals surface area (Å²) in [6.07, 6.45) is 11.9. The maximum Gasteiger partial charge on any atom is 0.0671 e. The molecule has 0 aromatic carbocycles. The molecule has 0 amide bonds. The molecule has 4 atom stereocenters. The zero-order valence-corrected chi connectivity index (χ0v) is 11.1. The van der Waals surface area contributed by atoms with Crippen molar-refractivity contribution >= 4 is 0 Å². The van der Waals surface area contributed by atoms with Crippen LogP contribution in [0.5, 0.6) is 0 Å². The van der Waals surface area contributed by atoms with Gasteiger partial charge in [-0.2, -0.15) is 0 Å². The van der Waals surface area contributed by atoms with Gasteiger partial charge in [0.1, 0.15) is 0 Å². The van der Waals surface area contributed by atoms with Gasteiger partial charge < -0.3 is 4.74 Å². The molecule has 1 fully saturated rings. The molecule has 0 unspecified atom stereocenters. The first-order chi connectivity index (χ1) is 8.24. The maximum atomic E-state index is 6.22. The van der Waals surface area contributed by atoms with Gasteiger partial charge in [0.2, 0.25) is 0 Å². The van der Waals surface area contributed by atoms with Crippen molar-refractivity contribution in [3.05, 3.63) is 23.3 Å². The summed E-state index contributed by atoms with van der Waals surface area (Å²) < 4.78 is 6.22. The first kappa shape index (κ1) is 11.5. The third-order valence-corrected chi connectivity index (χ3v) is 5.01. The zero-order valence-electron chi connectivity index (χ0n) is 11.1. The van der Waals surface area contributed by atoms with Gasteiger partial charge in [0.15, 0.2) is 0 Å². The van der Waals surface area contributed by atoms with E-state index in [1.54, 1.807) is 11.1 Å². The third-order valence-electron chi connectivity index (χ3n) is 5.01. The fraction of sp³-hybridized carbons (Fsp3) is 0.750. The maximum absolute atomic E-state index is 6.22. The van der Waals surface area contributed by atoms with Crippen LogP contribution in [0.25, 0.3) is 0 Å². The van der Waals surface area contributed by atoms with E-state index in [9.17, 15) is 0 Å². The molecule has 1 heterocycles. The summed E-state index contributed by atoms with van der Waals surface area (Å²) in [7, 11) is 0. The van der Waals surface area contributed by atoms with E-state index < -0.39 is 0 Å². The number of rotatable bonds is 1. The predicted octanol–water partition coefficient (Wildman–Crippen LogP) is 4.10. The van der Waals surface area contributed by atoms with E-state index in [0.717, 1.165) is 24.4 Å². The van der Waals surface area contributed by atoms with Crippen LogP contribution in [-0.2, 0) is 4.74 Å². The summed E-state index contributed by atoms with van der Waals surface area (Å²) in [5.74, 6) is 2.30. The standard InChI is InChI=1S/C16H24O/c1-11-3-7-14(8-4-11)16-15-9-13(10-17-16)6-5-12(15)2/h3,5,13-16H,4,6-10H2,1-2H3/t13-,14-,15+,16-/m0/s1. The van der Waals surface area contributed by atoms with Gasteiger partial charge in [-0.1, -0.05) is 23.3 Å². The Morgan fingerprint density at radius 3 is 2.82 bits per heavy atom. The molecule has 94 valence electrons. The van der Waals surface area contributed by atoms with Gasteiger partial charge in [0.25, 0.3) is 0 Å². The second-order valence-electron chi connectivity index (χ2n) is 6.27. The third kappa shape index (κ3) is 2.22. The molecule has 1 heteroatoms. The number of hydrogen-bond acceptors (Lipinski definition) is 1. The van der Waals surface area contributed by atoms with Crippen LogP contribution in [0.15, 0.2) is 23.3 Å². The normalized spacial score (nSPS) is 41.8. The Morgan fingerprint density at radius 2 is 2.06 bits per heavy atom. The van der Waals surface area contributed by atoms with Crippen molar-refractivity contribution in [3.63, 3.8) is 0 Å². The summed E-state index contributed by atoms with van der Waals surface area (Å²) in [6, 6.07) is 0. The number of fused-ring (bicyclic) bond motifs is 2. The van der Waals surface area contributed by atoms with Crippen LogP contribution in [-0.4, -0.2) is 12.7 Å². The molecule has 0 saturated carbocycles. The summed E-state index contributed by atoms with van der Waals surface area (Å²) >= 11 is 0. The molecule has 0 aromatic rings. The molecular weight excluding hydrogens is 208 g/mol. The first-order valence-electron chi connectivity index (χ1n) is 7.18. The van der Waals surface area contributed by atoms with Crippen LogP contribution in [0.1, 0.15) is 46.0 Å². The lowest BCUT2D eigenvalue weighted by atomic mass is 9.71. The molecule has 2 bridgehead atoms. The van der Waals surface area contributed by atoms with Crippen molar-refractivity contribution in [1.82, 2.24) is 0 Å². The monoisotopic (exact) mass is 232 g/mol. The average molecular weight is 232 g/mol. The van der Waals surface area contributed by atoms with Crippen molar-refractivity contribution in [1.29, 1.82) is 0 Å². The molecule has 0 radical (unpaired) electrons. The van der Waals surface area contributed by atoms with Crippen LogP contribution < -0.4 is 0 Å². The Kier molecular flexibility index (Phi) is 3.12. The Morgan fingerprint density at radius 1 is 1.18 bits per heavy atom. The molecule has 3 rings (SSSR count). The lowest BCUT2D eigenvalue weighted by molar-refractivity contribution is -0.0807. The minimum Gasteiger partial charge on any atom is -0.377 e. The molecule has 3 aliphatic rings. The highest BCUT2D eigenvalue weighted by atomic mass is 16.5. The molecule has 1 saturated heterocycles. The summed E-state index contributed by atoms with van der Waals surface area (Å²) in [6.45, 7) is 5.58. The van der Waals surface area contributed by atoms with Crippen LogP contribution >= 0.6 is 0 Å². The van der Waals surface area contributed by atoms with Gasteiger partial charge in [0.05, 0.1) is 12.7 Å². The van der Waals surface area contributed by atoms with E-state index in [0.29, 0.717) is 6.10 Å². The quantitative estimate of drug-likeness (QED) is 0.618. The number of ether oxygens (including phenoxy) is 1. The van der Waals surface area contributed by atoms with Gasteiger partial charge in [-0.25, -0.2) is 0 Å². The molecule has 0 aromatic heterocycles. The second-order valence-corrected chi connectivity index (χ2v) is 6.27. The minimum atomic E-state index is 0.507. The van der Waals surface area contributed by atoms with Gasteiger partial charge in [-0.3, -0.25) is 0 Å². The zero-order chi connectivity index (χ0) is 11.8. The average Bonchev–Trinajstić information content (AvgIpc) is 2.36. The fourth-order valence-electron chi connectivity index (χ4n) is 3.79. The van der Waals surface area contributed by atoms with Crippen LogP contribution in [0, 0.1) is 17.8 Å². The van der Waals surface area contributed by atoms with Crippen molar-refractivity contribution in [2.24, 2.45) is 17.8 Å². The fourth-order valence-corrected chi connectivity index (χ4v) is 3.79. The first-order valence-corrected chi connectivity index (χ1v) is 7.18. The minimum absolute atomic E-state index is 0.507. The van der Waals surface area contributed by atoms with E-state index in [4.69, 9.17) is 4.74 Å². The topological polar surface area (TPSA) is 9.23 Å². The predicted molar refractivity (Wildman–Crippen MR) is 70.8 cm³/mol. The van der Waals surface area contributed by atoms with Crippen LogP contribution in [0.2, 0.25) is 0 Å². The van der Waals surface area contributed by atoms with E-state index in [-0.39, 0.29) is 0 Å². The Labute approximate surface area is 105 Å². The van der Waals surface area contributed by atoms with Crippen molar-refractivity contribution < 1.29 is 4.74 Å². The van der Waals surface area contributed by atoms with E-state index >= 15 is 0 Å². The molecule has 17 heavy (non-hydrogen) atoms. The summed E-state index contributed by atoms with van der Waals surface area (Å²) in [5, 5.41) is 0. The second kappa shape index (κ2) is 4.61. The van der Waals surface area contributed by atoms with Gasteiger partial charge in [0, 0.05) is 5.92 Å². The van der Waals surface area contributed by atoms with E-state index in [1.807, 2.05) is 0 Å². The number of allylic oxidation sites excluding steroid dienone is 3. The highest BCUT2D eigenvalue weighted by Gasteiger charge is 2.38. The largest absolute Gasteiger partial charge is 0.377 e. The van der Waals surface area contributed by atoms with Crippen molar-refractivity contribution in [3.8, 4) is 0 Å². The summed E-state index contributed by atoms with van der Waals surface area (Å²) in [5.41, 5.74) is 3.17. The molecule has 1 nitrogen and oxygen atoms in total. The number of hydrogen-bond donors (Lipinski definition) is 0. The highest BCUT2D eigenvalue weighted by Crippen LogP contribution is 2.42. The van der Waals surface area contributed by atoms with Crippen LogP contribution in [0.4, 0.5) is 0 Å². The van der Waals surface area contributed by atoms with E-state index in [1.165, 1.54) is 32.1 Å².